The molecule has 0 aliphatic carbocycles. The number of ether oxygens (including phenoxy) is 3. The number of nitrogens with one attached hydrogen (secondary N) is 2. The number of benzene rings is 3. The van der Waals surface area contributed by atoms with Crippen LogP contribution >= 0.6 is 0 Å². The molecular weight excluding hydrogens is 384 g/mol. The van der Waals surface area contributed by atoms with Crippen LogP contribution in [0, 0.1) is 0 Å². The van der Waals surface area contributed by atoms with Crippen LogP contribution in [-0.2, 0) is 4.79 Å². The van der Waals surface area contributed by atoms with Crippen molar-refractivity contribution in [1.29, 1.82) is 0 Å². The summed E-state index contributed by atoms with van der Waals surface area (Å²) in [7, 11) is 0. The van der Waals surface area contributed by atoms with Gasteiger partial charge in [-0.15, -0.1) is 0 Å². The smallest absolute Gasteiger partial charge is 0.276 e. The fourth-order valence-electron chi connectivity index (χ4n) is 2.94. The first-order valence-electron chi connectivity index (χ1n) is 9.46. The monoisotopic (exact) mass is 404 g/mol. The lowest BCUT2D eigenvalue weighted by molar-refractivity contribution is -0.123. The Morgan fingerprint density at radius 3 is 2.27 bits per heavy atom. The Balaban J connectivity index is 1.25. The second-order valence-electron chi connectivity index (χ2n) is 6.54. The van der Waals surface area contributed by atoms with Gasteiger partial charge in [-0.3, -0.25) is 20.4 Å². The number of hydrazine groups is 1. The van der Waals surface area contributed by atoms with E-state index in [1.807, 2.05) is 42.5 Å². The van der Waals surface area contributed by atoms with E-state index in [0.717, 1.165) is 11.1 Å². The Labute approximate surface area is 173 Å². The van der Waals surface area contributed by atoms with Gasteiger partial charge in [0.15, 0.2) is 18.1 Å². The topological polar surface area (TPSA) is 85.9 Å². The molecule has 0 unspecified atom stereocenters. The van der Waals surface area contributed by atoms with Gasteiger partial charge >= 0.3 is 0 Å². The average Bonchev–Trinajstić information content (AvgIpc) is 2.81. The molecule has 0 aromatic heterocycles. The van der Waals surface area contributed by atoms with Crippen molar-refractivity contribution in [3.63, 3.8) is 0 Å². The predicted octanol–water partition coefficient (Wildman–Crippen LogP) is 2.96. The molecule has 0 fully saturated rings. The molecule has 152 valence electrons. The summed E-state index contributed by atoms with van der Waals surface area (Å²) in [6.07, 6.45) is 0. The molecular formula is C23H20N2O5. The van der Waals surface area contributed by atoms with Crippen LogP contribution in [0.1, 0.15) is 10.4 Å². The number of carbonyl (C=O) groups excluding carboxylic acids is 2. The van der Waals surface area contributed by atoms with E-state index >= 15 is 0 Å². The van der Waals surface area contributed by atoms with E-state index in [4.69, 9.17) is 14.2 Å². The van der Waals surface area contributed by atoms with Crippen molar-refractivity contribution >= 4 is 11.8 Å². The van der Waals surface area contributed by atoms with Crippen LogP contribution < -0.4 is 25.1 Å². The summed E-state index contributed by atoms with van der Waals surface area (Å²) in [5.74, 6) is 0.708. The van der Waals surface area contributed by atoms with Crippen LogP contribution in [0.15, 0.2) is 72.8 Å². The summed E-state index contributed by atoms with van der Waals surface area (Å²) in [5, 5.41) is 0. The molecule has 1 aliphatic rings. The predicted molar refractivity (Wildman–Crippen MR) is 110 cm³/mol. The van der Waals surface area contributed by atoms with Gasteiger partial charge in [-0.1, -0.05) is 42.5 Å². The van der Waals surface area contributed by atoms with Crippen molar-refractivity contribution in [3.8, 4) is 28.4 Å². The minimum atomic E-state index is -0.479. The molecule has 0 bridgehead atoms. The van der Waals surface area contributed by atoms with Gasteiger partial charge in [0.25, 0.3) is 11.8 Å². The first kappa shape index (κ1) is 19.3. The Kier molecular flexibility index (Phi) is 5.80. The summed E-state index contributed by atoms with van der Waals surface area (Å²) in [4.78, 5) is 24.2. The second-order valence-corrected chi connectivity index (χ2v) is 6.54. The zero-order chi connectivity index (χ0) is 20.8. The lowest BCUT2D eigenvalue weighted by atomic mass is 10.1. The summed E-state index contributed by atoms with van der Waals surface area (Å²) >= 11 is 0. The number of rotatable bonds is 5. The molecule has 2 amide bonds. The highest BCUT2D eigenvalue weighted by Crippen LogP contribution is 2.30. The maximum Gasteiger partial charge on any atom is 0.276 e. The highest BCUT2D eigenvalue weighted by molar-refractivity contribution is 5.96. The molecule has 2 N–H and O–H groups in total. The first-order valence-corrected chi connectivity index (χ1v) is 9.46. The van der Waals surface area contributed by atoms with E-state index in [0.29, 0.717) is 36.0 Å². The van der Waals surface area contributed by atoms with Crippen LogP contribution in [-0.4, -0.2) is 31.6 Å². The number of fused-ring (bicyclic) bond motifs is 1. The zero-order valence-corrected chi connectivity index (χ0v) is 16.1. The second kappa shape index (κ2) is 9.00. The molecule has 0 saturated heterocycles. The first-order chi connectivity index (χ1) is 14.7. The van der Waals surface area contributed by atoms with Crippen molar-refractivity contribution in [1.82, 2.24) is 10.9 Å². The number of amides is 2. The Morgan fingerprint density at radius 1 is 0.800 bits per heavy atom. The lowest BCUT2D eigenvalue weighted by Gasteiger charge is -2.18. The Morgan fingerprint density at radius 2 is 1.50 bits per heavy atom. The zero-order valence-electron chi connectivity index (χ0n) is 16.1. The van der Waals surface area contributed by atoms with Crippen molar-refractivity contribution in [3.05, 3.63) is 78.4 Å². The molecule has 1 aliphatic heterocycles. The van der Waals surface area contributed by atoms with Crippen LogP contribution in [0.4, 0.5) is 0 Å². The van der Waals surface area contributed by atoms with Gasteiger partial charge < -0.3 is 14.2 Å². The SMILES string of the molecule is O=C(COc1ccc(-c2ccccc2)cc1)NNC(=O)c1ccc2c(c1)OCCO2. The normalized spacial score (nSPS) is 12.0. The van der Waals surface area contributed by atoms with Crippen molar-refractivity contribution in [2.45, 2.75) is 0 Å². The van der Waals surface area contributed by atoms with Crippen molar-refractivity contribution in [2.24, 2.45) is 0 Å². The summed E-state index contributed by atoms with van der Waals surface area (Å²) in [5.41, 5.74) is 7.19. The van der Waals surface area contributed by atoms with Crippen LogP contribution in [0.25, 0.3) is 11.1 Å². The van der Waals surface area contributed by atoms with E-state index in [1.54, 1.807) is 30.3 Å². The number of carbonyl (C=O) groups is 2. The fraction of sp³-hybridized carbons (Fsp3) is 0.130. The minimum absolute atomic E-state index is 0.230. The maximum atomic E-state index is 12.2. The van der Waals surface area contributed by atoms with Crippen LogP contribution in [0.3, 0.4) is 0 Å². The Hall–Kier alpha value is -4.00. The summed E-state index contributed by atoms with van der Waals surface area (Å²) in [6, 6.07) is 22.2. The van der Waals surface area contributed by atoms with Gasteiger partial charge in [0.05, 0.1) is 0 Å². The molecule has 1 heterocycles. The van der Waals surface area contributed by atoms with Gasteiger partial charge in [0.1, 0.15) is 19.0 Å². The Bertz CT molecular complexity index is 1040. The summed E-state index contributed by atoms with van der Waals surface area (Å²) < 4.78 is 16.3. The largest absolute Gasteiger partial charge is 0.486 e. The summed E-state index contributed by atoms with van der Waals surface area (Å²) in [6.45, 7) is 0.675. The maximum absolute atomic E-state index is 12.2. The highest BCUT2D eigenvalue weighted by atomic mass is 16.6. The van der Waals surface area contributed by atoms with E-state index in [-0.39, 0.29) is 6.61 Å². The third-order valence-electron chi connectivity index (χ3n) is 4.45. The number of hydrogen-bond donors (Lipinski definition) is 2. The van der Waals surface area contributed by atoms with E-state index in [2.05, 4.69) is 10.9 Å². The molecule has 0 atom stereocenters. The van der Waals surface area contributed by atoms with Gasteiger partial charge in [0.2, 0.25) is 0 Å². The third kappa shape index (κ3) is 4.70. The molecule has 7 heteroatoms. The van der Waals surface area contributed by atoms with E-state index in [1.165, 1.54) is 0 Å². The van der Waals surface area contributed by atoms with Crippen LogP contribution in [0.5, 0.6) is 17.2 Å². The molecule has 0 spiro atoms. The van der Waals surface area contributed by atoms with Gasteiger partial charge in [-0.2, -0.15) is 0 Å². The molecule has 4 rings (SSSR count). The molecule has 0 radical (unpaired) electrons. The molecule has 30 heavy (non-hydrogen) atoms. The lowest BCUT2D eigenvalue weighted by Crippen LogP contribution is -2.43. The van der Waals surface area contributed by atoms with Crippen molar-refractivity contribution < 1.29 is 23.8 Å². The minimum Gasteiger partial charge on any atom is -0.486 e. The van der Waals surface area contributed by atoms with Crippen molar-refractivity contribution in [2.75, 3.05) is 19.8 Å². The third-order valence-corrected chi connectivity index (χ3v) is 4.45. The molecule has 3 aromatic carbocycles. The van der Waals surface area contributed by atoms with Gasteiger partial charge in [-0.25, -0.2) is 0 Å². The quantitative estimate of drug-likeness (QED) is 0.639. The fourth-order valence-corrected chi connectivity index (χ4v) is 2.94. The molecule has 3 aromatic rings. The standard InChI is InChI=1S/C23H20N2O5/c26-22(15-30-19-9-6-17(7-10-19)16-4-2-1-3-5-16)24-25-23(27)18-8-11-20-21(14-18)29-13-12-28-20/h1-11,14H,12-13,15H2,(H,24,26)(H,25,27). The van der Waals surface area contributed by atoms with Gasteiger partial charge in [0, 0.05) is 5.56 Å². The molecule has 7 nitrogen and oxygen atoms in total. The average molecular weight is 404 g/mol. The molecule has 0 saturated carbocycles. The van der Waals surface area contributed by atoms with Crippen LogP contribution in [0.2, 0.25) is 0 Å². The number of hydrogen-bond acceptors (Lipinski definition) is 5. The van der Waals surface area contributed by atoms with Gasteiger partial charge in [-0.05, 0) is 41.5 Å². The van der Waals surface area contributed by atoms with E-state index in [9.17, 15) is 9.59 Å². The van der Waals surface area contributed by atoms with E-state index < -0.39 is 11.8 Å². The highest BCUT2D eigenvalue weighted by Gasteiger charge is 2.15.